The Balaban J connectivity index is 2.07. The number of carbonyl (C=O) groups is 2. The van der Waals surface area contributed by atoms with Crippen molar-refractivity contribution in [2.45, 2.75) is 25.8 Å². The summed E-state index contributed by atoms with van der Waals surface area (Å²) < 4.78 is 5.32. The molecule has 5 nitrogen and oxygen atoms in total. The quantitative estimate of drug-likeness (QED) is 0.500. The minimum atomic E-state index is -0.511. The topological polar surface area (TPSA) is 70.4 Å². The Bertz CT molecular complexity index is 1070. The van der Waals surface area contributed by atoms with Crippen LogP contribution in [0.3, 0.4) is 0 Å². The molecule has 2 aromatic rings. The summed E-state index contributed by atoms with van der Waals surface area (Å²) in [5, 5.41) is 9.86. The van der Waals surface area contributed by atoms with Crippen LogP contribution in [-0.2, 0) is 20.9 Å². The van der Waals surface area contributed by atoms with Gasteiger partial charge in [-0.2, -0.15) is 5.26 Å². The van der Waals surface area contributed by atoms with E-state index in [0.29, 0.717) is 33.0 Å². The number of benzene rings is 2. The van der Waals surface area contributed by atoms with Gasteiger partial charge in [0.2, 0.25) is 5.91 Å². The van der Waals surface area contributed by atoms with Crippen molar-refractivity contribution in [3.63, 3.8) is 0 Å². The standard InChI is InChI=1S/C24H21ClN2O3/c1-3-12-30-24(29)23-16(2)27(15-18-9-5-4-8-17(18)14-26)22(28)13-20(23)19-10-6-7-11-21(19)25/h3-11,20H,1,12-13,15H2,2H3/t20-/m0/s1. The number of amides is 1. The molecule has 6 heteroatoms. The molecule has 1 heterocycles. The molecule has 3 rings (SSSR count). The van der Waals surface area contributed by atoms with Gasteiger partial charge in [-0.05, 0) is 30.2 Å². The molecule has 152 valence electrons. The highest BCUT2D eigenvalue weighted by molar-refractivity contribution is 6.31. The summed E-state index contributed by atoms with van der Waals surface area (Å²) in [6.07, 6.45) is 1.57. The van der Waals surface area contributed by atoms with Gasteiger partial charge in [-0.1, -0.05) is 60.7 Å². The van der Waals surface area contributed by atoms with E-state index in [9.17, 15) is 14.9 Å². The minimum absolute atomic E-state index is 0.0655. The van der Waals surface area contributed by atoms with Gasteiger partial charge in [0.1, 0.15) is 6.61 Å². The van der Waals surface area contributed by atoms with Crippen molar-refractivity contribution in [3.05, 3.63) is 94.2 Å². The van der Waals surface area contributed by atoms with Crippen LogP contribution in [0.5, 0.6) is 0 Å². The molecule has 1 aliphatic rings. The lowest BCUT2D eigenvalue weighted by Crippen LogP contribution is -2.38. The van der Waals surface area contributed by atoms with Crippen molar-refractivity contribution >= 4 is 23.5 Å². The number of esters is 1. The molecule has 2 aromatic carbocycles. The van der Waals surface area contributed by atoms with E-state index in [-0.39, 0.29) is 25.5 Å². The number of ether oxygens (including phenoxy) is 1. The highest BCUT2D eigenvalue weighted by Gasteiger charge is 2.37. The van der Waals surface area contributed by atoms with E-state index in [0.717, 1.165) is 0 Å². The zero-order chi connectivity index (χ0) is 21.7. The Morgan fingerprint density at radius 2 is 2.00 bits per heavy atom. The second kappa shape index (κ2) is 9.43. The number of hydrogen-bond donors (Lipinski definition) is 0. The molecule has 1 aliphatic heterocycles. The molecule has 0 spiro atoms. The largest absolute Gasteiger partial charge is 0.458 e. The Hall–Kier alpha value is -3.36. The van der Waals surface area contributed by atoms with Crippen LogP contribution in [0.4, 0.5) is 0 Å². The van der Waals surface area contributed by atoms with Crippen LogP contribution in [0.15, 0.2) is 72.5 Å². The average Bonchev–Trinajstić information content (AvgIpc) is 2.75. The summed E-state index contributed by atoms with van der Waals surface area (Å²) in [6, 6.07) is 16.4. The molecule has 0 fully saturated rings. The monoisotopic (exact) mass is 420 g/mol. The summed E-state index contributed by atoms with van der Waals surface area (Å²) in [7, 11) is 0. The molecule has 0 bridgehead atoms. The Labute approximate surface area is 180 Å². The minimum Gasteiger partial charge on any atom is -0.458 e. The first-order chi connectivity index (χ1) is 14.5. The van der Waals surface area contributed by atoms with Crippen LogP contribution < -0.4 is 0 Å². The number of nitrogens with zero attached hydrogens (tertiary/aromatic N) is 2. The first kappa shape index (κ1) is 21.4. The predicted octanol–water partition coefficient (Wildman–Crippen LogP) is 4.73. The lowest BCUT2D eigenvalue weighted by molar-refractivity contribution is -0.139. The lowest BCUT2D eigenvalue weighted by Gasteiger charge is -2.35. The maximum absolute atomic E-state index is 13.1. The fourth-order valence-corrected chi connectivity index (χ4v) is 3.91. The summed E-state index contributed by atoms with van der Waals surface area (Å²) >= 11 is 6.38. The first-order valence-corrected chi connectivity index (χ1v) is 9.87. The van der Waals surface area contributed by atoms with Crippen molar-refractivity contribution in [2.75, 3.05) is 6.61 Å². The molecule has 0 unspecified atom stereocenters. The van der Waals surface area contributed by atoms with Crippen LogP contribution in [0.1, 0.15) is 36.0 Å². The summed E-state index contributed by atoms with van der Waals surface area (Å²) in [5.41, 5.74) is 2.79. The highest BCUT2D eigenvalue weighted by atomic mass is 35.5. The number of allylic oxidation sites excluding steroid dienone is 1. The molecule has 1 atom stereocenters. The molecule has 0 radical (unpaired) electrons. The molecule has 0 aromatic heterocycles. The molecule has 30 heavy (non-hydrogen) atoms. The molecule has 1 amide bonds. The smallest absolute Gasteiger partial charge is 0.336 e. The van der Waals surface area contributed by atoms with Gasteiger partial charge < -0.3 is 9.64 Å². The normalized spacial score (nSPS) is 16.2. The Kier molecular flexibility index (Phi) is 6.71. The van der Waals surface area contributed by atoms with E-state index < -0.39 is 11.9 Å². The Morgan fingerprint density at radius 1 is 1.30 bits per heavy atom. The zero-order valence-electron chi connectivity index (χ0n) is 16.6. The van der Waals surface area contributed by atoms with Gasteiger partial charge in [-0.3, -0.25) is 4.79 Å². The summed E-state index contributed by atoms with van der Waals surface area (Å²) in [4.78, 5) is 27.5. The van der Waals surface area contributed by atoms with Crippen molar-refractivity contribution in [1.29, 1.82) is 5.26 Å². The second-order valence-electron chi connectivity index (χ2n) is 6.91. The van der Waals surface area contributed by atoms with Crippen molar-refractivity contribution < 1.29 is 14.3 Å². The van der Waals surface area contributed by atoms with Crippen LogP contribution in [0.25, 0.3) is 0 Å². The molecule has 0 aliphatic carbocycles. The average molecular weight is 421 g/mol. The number of nitriles is 1. The number of halogens is 1. The third kappa shape index (κ3) is 4.29. The van der Waals surface area contributed by atoms with Gasteiger partial charge in [0.25, 0.3) is 0 Å². The van der Waals surface area contributed by atoms with Crippen LogP contribution >= 0.6 is 11.6 Å². The molecule has 0 saturated carbocycles. The molecule has 0 saturated heterocycles. The van der Waals surface area contributed by atoms with E-state index in [1.54, 1.807) is 37.3 Å². The highest BCUT2D eigenvalue weighted by Crippen LogP contribution is 2.40. The second-order valence-corrected chi connectivity index (χ2v) is 7.32. The fraction of sp³-hybridized carbons (Fsp3) is 0.208. The van der Waals surface area contributed by atoms with Crippen molar-refractivity contribution in [1.82, 2.24) is 4.90 Å². The molecule has 0 N–H and O–H groups in total. The predicted molar refractivity (Wildman–Crippen MR) is 114 cm³/mol. The number of carbonyl (C=O) groups excluding carboxylic acids is 2. The van der Waals surface area contributed by atoms with Gasteiger partial charge in [-0.25, -0.2) is 4.79 Å². The number of rotatable bonds is 6. The van der Waals surface area contributed by atoms with Gasteiger partial charge >= 0.3 is 5.97 Å². The van der Waals surface area contributed by atoms with Gasteiger partial charge in [0, 0.05) is 23.1 Å². The molecular formula is C24H21ClN2O3. The SMILES string of the molecule is C=CCOC(=O)C1=C(C)N(Cc2ccccc2C#N)C(=O)C[C@H]1c1ccccc1Cl. The van der Waals surface area contributed by atoms with Gasteiger partial charge in [-0.15, -0.1) is 0 Å². The van der Waals surface area contributed by atoms with E-state index in [1.165, 1.54) is 11.0 Å². The number of hydrogen-bond acceptors (Lipinski definition) is 4. The fourth-order valence-electron chi connectivity index (χ4n) is 3.64. The van der Waals surface area contributed by atoms with E-state index >= 15 is 0 Å². The van der Waals surface area contributed by atoms with E-state index in [1.807, 2.05) is 18.2 Å². The Morgan fingerprint density at radius 3 is 2.70 bits per heavy atom. The van der Waals surface area contributed by atoms with Crippen molar-refractivity contribution in [3.8, 4) is 6.07 Å². The third-order valence-corrected chi connectivity index (χ3v) is 5.47. The maximum Gasteiger partial charge on any atom is 0.336 e. The third-order valence-electron chi connectivity index (χ3n) is 5.12. The molecular weight excluding hydrogens is 400 g/mol. The lowest BCUT2D eigenvalue weighted by atomic mass is 9.83. The van der Waals surface area contributed by atoms with Gasteiger partial charge in [0.15, 0.2) is 0 Å². The zero-order valence-corrected chi connectivity index (χ0v) is 17.4. The van der Waals surface area contributed by atoms with Gasteiger partial charge in [0.05, 0.1) is 23.8 Å². The first-order valence-electron chi connectivity index (χ1n) is 9.49. The van der Waals surface area contributed by atoms with Crippen LogP contribution in [-0.4, -0.2) is 23.4 Å². The van der Waals surface area contributed by atoms with E-state index in [2.05, 4.69) is 12.6 Å². The summed E-state index contributed by atoms with van der Waals surface area (Å²) in [6.45, 7) is 5.56. The summed E-state index contributed by atoms with van der Waals surface area (Å²) in [5.74, 6) is -1.17. The van der Waals surface area contributed by atoms with Crippen molar-refractivity contribution in [2.24, 2.45) is 0 Å². The van der Waals surface area contributed by atoms with Crippen LogP contribution in [0.2, 0.25) is 5.02 Å². The van der Waals surface area contributed by atoms with E-state index in [4.69, 9.17) is 16.3 Å². The van der Waals surface area contributed by atoms with Crippen LogP contribution in [0, 0.1) is 11.3 Å². The maximum atomic E-state index is 13.1.